The molecule has 3 aromatic carbocycles. The zero-order valence-corrected chi connectivity index (χ0v) is 22.3. The quantitative estimate of drug-likeness (QED) is 0.279. The number of rotatable bonds is 8. The number of benzene rings is 3. The van der Waals surface area contributed by atoms with E-state index in [-0.39, 0.29) is 17.7 Å². The van der Waals surface area contributed by atoms with Gasteiger partial charge in [-0.1, -0.05) is 30.3 Å². The summed E-state index contributed by atoms with van der Waals surface area (Å²) in [6.45, 7) is 2.61. The van der Waals surface area contributed by atoms with Crippen molar-refractivity contribution in [2.24, 2.45) is 5.92 Å². The van der Waals surface area contributed by atoms with Gasteiger partial charge in [-0.15, -0.1) is 0 Å². The zero-order valence-electron chi connectivity index (χ0n) is 21.5. The van der Waals surface area contributed by atoms with Crippen LogP contribution in [-0.2, 0) is 4.79 Å². The second kappa shape index (κ2) is 11.1. The summed E-state index contributed by atoms with van der Waals surface area (Å²) in [5, 5.41) is 4.15. The van der Waals surface area contributed by atoms with Crippen molar-refractivity contribution in [1.29, 1.82) is 0 Å². The van der Waals surface area contributed by atoms with E-state index >= 15 is 0 Å². The molecule has 38 heavy (non-hydrogen) atoms. The number of hydrogen-bond acceptors (Lipinski definition) is 6. The summed E-state index contributed by atoms with van der Waals surface area (Å²) >= 11 is 5.60. The summed E-state index contributed by atoms with van der Waals surface area (Å²) in [4.78, 5) is 19.2. The molecule has 7 nitrogen and oxygen atoms in total. The number of pyridine rings is 1. The molecular formula is C30H29N3O4S. The minimum atomic E-state index is -0.0430. The van der Waals surface area contributed by atoms with E-state index in [1.54, 1.807) is 20.4 Å². The van der Waals surface area contributed by atoms with Crippen LogP contribution in [0.15, 0.2) is 79.0 Å². The largest absolute Gasteiger partial charge is 0.493 e. The monoisotopic (exact) mass is 527 g/mol. The number of carbonyl (C=O) groups excluding carboxylic acids is 1. The van der Waals surface area contributed by atoms with E-state index in [2.05, 4.69) is 22.4 Å². The number of aromatic nitrogens is 1. The van der Waals surface area contributed by atoms with Crippen LogP contribution in [0.25, 0.3) is 10.9 Å². The van der Waals surface area contributed by atoms with E-state index < -0.39 is 0 Å². The number of thiocarbonyl (C=S) groups is 1. The number of anilines is 1. The maximum atomic E-state index is 12.8. The van der Waals surface area contributed by atoms with Crippen molar-refractivity contribution in [3.63, 3.8) is 0 Å². The molecule has 8 heteroatoms. The molecule has 1 amide bonds. The lowest BCUT2D eigenvalue weighted by molar-refractivity contribution is -0.120. The Morgan fingerprint density at radius 3 is 2.39 bits per heavy atom. The van der Waals surface area contributed by atoms with E-state index in [1.165, 1.54) is 5.56 Å². The number of amides is 1. The van der Waals surface area contributed by atoms with Gasteiger partial charge in [0, 0.05) is 35.8 Å². The van der Waals surface area contributed by atoms with E-state index in [4.69, 9.17) is 26.4 Å². The van der Waals surface area contributed by atoms with Crippen molar-refractivity contribution in [3.05, 3.63) is 84.6 Å². The Bertz CT molecular complexity index is 1460. The lowest BCUT2D eigenvalue weighted by Gasteiger charge is -2.24. The third kappa shape index (κ3) is 5.26. The molecular weight excluding hydrogens is 498 g/mol. The first kappa shape index (κ1) is 25.5. The number of methoxy groups -OCH3 is 2. The van der Waals surface area contributed by atoms with Crippen LogP contribution in [-0.4, -0.2) is 36.8 Å². The maximum absolute atomic E-state index is 12.8. The molecule has 0 aliphatic heterocycles. The highest BCUT2D eigenvalue weighted by Crippen LogP contribution is 2.47. The number of carbonyl (C=O) groups is 1. The highest BCUT2D eigenvalue weighted by molar-refractivity contribution is 7.80. The molecule has 0 radical (unpaired) electrons. The second-order valence-electron chi connectivity index (χ2n) is 9.03. The van der Waals surface area contributed by atoms with Crippen molar-refractivity contribution >= 4 is 39.8 Å². The Hall–Kier alpha value is -4.17. The first-order valence-electron chi connectivity index (χ1n) is 12.5. The van der Waals surface area contributed by atoms with Crippen molar-refractivity contribution in [2.75, 3.05) is 25.7 Å². The fraction of sp³-hybridized carbons (Fsp3) is 0.233. The van der Waals surface area contributed by atoms with Crippen molar-refractivity contribution in [2.45, 2.75) is 19.3 Å². The number of fused-ring (bicyclic) bond motifs is 1. The number of nitrogens with zero attached hydrogens (tertiary/aromatic N) is 2. The fourth-order valence-corrected chi connectivity index (χ4v) is 4.96. The Morgan fingerprint density at radius 2 is 1.71 bits per heavy atom. The molecule has 1 saturated carbocycles. The molecule has 1 fully saturated rings. The third-order valence-electron chi connectivity index (χ3n) is 6.73. The number of hydrogen-bond donors (Lipinski definition) is 1. The molecule has 1 unspecified atom stereocenters. The molecule has 0 bridgehead atoms. The first-order chi connectivity index (χ1) is 18.5. The summed E-state index contributed by atoms with van der Waals surface area (Å²) in [7, 11) is 3.19. The van der Waals surface area contributed by atoms with Crippen LogP contribution >= 0.6 is 12.2 Å². The summed E-state index contributed by atoms with van der Waals surface area (Å²) in [6.07, 6.45) is 2.54. The van der Waals surface area contributed by atoms with Crippen LogP contribution in [0.5, 0.6) is 23.0 Å². The molecule has 1 aliphatic rings. The minimum Gasteiger partial charge on any atom is -0.493 e. The normalized spacial score (nSPS) is 16.0. The van der Waals surface area contributed by atoms with Gasteiger partial charge in [-0.3, -0.25) is 9.78 Å². The van der Waals surface area contributed by atoms with Crippen molar-refractivity contribution < 1.29 is 19.0 Å². The Morgan fingerprint density at radius 1 is 1.00 bits per heavy atom. The van der Waals surface area contributed by atoms with Crippen molar-refractivity contribution in [1.82, 2.24) is 10.3 Å². The molecule has 1 N–H and O–H groups in total. The molecule has 5 rings (SSSR count). The standard InChI is InChI=1S/C30H29N3O4S/c1-4-33(30(38)32-29(34)23-16-22(23)19-8-6-5-7-9-19)20-10-12-21(13-11-20)37-26-14-15-31-25-18-28(36-3)27(35-2)17-24(25)26/h5-15,17-18,22-23H,4,16H2,1-3H3,(H,32,34,38)/t22-,23?/m0/s1. The molecule has 1 heterocycles. The molecule has 1 aromatic heterocycles. The molecule has 194 valence electrons. The summed E-state index contributed by atoms with van der Waals surface area (Å²) in [6, 6.07) is 23.2. The van der Waals surface area contributed by atoms with Crippen LogP contribution in [0, 0.1) is 5.92 Å². The Labute approximate surface area is 227 Å². The summed E-state index contributed by atoms with van der Waals surface area (Å²) < 4.78 is 17.0. The average Bonchev–Trinajstić information content (AvgIpc) is 3.76. The molecule has 0 saturated heterocycles. The van der Waals surface area contributed by atoms with Crippen LogP contribution < -0.4 is 24.4 Å². The van der Waals surface area contributed by atoms with Gasteiger partial charge in [0.15, 0.2) is 16.6 Å². The predicted octanol–water partition coefficient (Wildman–Crippen LogP) is 6.08. The molecule has 4 aromatic rings. The van der Waals surface area contributed by atoms with Crippen LogP contribution in [0.3, 0.4) is 0 Å². The third-order valence-corrected chi connectivity index (χ3v) is 7.05. The Balaban J connectivity index is 1.26. The topological polar surface area (TPSA) is 72.9 Å². The Kier molecular flexibility index (Phi) is 7.42. The number of nitrogens with one attached hydrogen (secondary N) is 1. The van der Waals surface area contributed by atoms with E-state index in [9.17, 15) is 4.79 Å². The van der Waals surface area contributed by atoms with Crippen molar-refractivity contribution in [3.8, 4) is 23.0 Å². The van der Waals surface area contributed by atoms with Gasteiger partial charge in [0.2, 0.25) is 5.91 Å². The van der Waals surface area contributed by atoms with Gasteiger partial charge < -0.3 is 24.4 Å². The zero-order chi connectivity index (χ0) is 26.6. The molecule has 2 atom stereocenters. The summed E-state index contributed by atoms with van der Waals surface area (Å²) in [5.41, 5.74) is 2.80. The smallest absolute Gasteiger partial charge is 0.229 e. The lowest BCUT2D eigenvalue weighted by Crippen LogP contribution is -2.43. The van der Waals surface area contributed by atoms with Gasteiger partial charge in [0.1, 0.15) is 11.5 Å². The fourth-order valence-electron chi connectivity index (χ4n) is 4.62. The SMILES string of the molecule is CCN(C(=S)NC(=O)C1C[C@H]1c1ccccc1)c1ccc(Oc2ccnc3cc(OC)c(OC)cc23)cc1. The van der Waals surface area contributed by atoms with Crippen LogP contribution in [0.4, 0.5) is 5.69 Å². The molecule has 0 spiro atoms. The van der Waals surface area contributed by atoms with Gasteiger partial charge in [-0.05, 0) is 73.4 Å². The highest BCUT2D eigenvalue weighted by atomic mass is 32.1. The van der Waals surface area contributed by atoms with Crippen LogP contribution in [0.2, 0.25) is 0 Å². The van der Waals surface area contributed by atoms with E-state index in [0.29, 0.717) is 34.7 Å². The van der Waals surface area contributed by atoms with Gasteiger partial charge in [0.25, 0.3) is 0 Å². The van der Waals surface area contributed by atoms with Gasteiger partial charge in [-0.25, -0.2) is 0 Å². The van der Waals surface area contributed by atoms with E-state index in [0.717, 1.165) is 23.0 Å². The minimum absolute atomic E-state index is 0.0288. The lowest BCUT2D eigenvalue weighted by atomic mass is 10.1. The predicted molar refractivity (Wildman–Crippen MR) is 152 cm³/mol. The van der Waals surface area contributed by atoms with Gasteiger partial charge >= 0.3 is 0 Å². The second-order valence-corrected chi connectivity index (χ2v) is 9.41. The van der Waals surface area contributed by atoms with E-state index in [1.807, 2.05) is 72.5 Å². The van der Waals surface area contributed by atoms with Gasteiger partial charge in [0.05, 0.1) is 19.7 Å². The maximum Gasteiger partial charge on any atom is 0.229 e. The first-order valence-corrected chi connectivity index (χ1v) is 12.9. The van der Waals surface area contributed by atoms with Gasteiger partial charge in [-0.2, -0.15) is 0 Å². The molecule has 1 aliphatic carbocycles. The average molecular weight is 528 g/mol. The summed E-state index contributed by atoms with van der Waals surface area (Å²) in [5.74, 6) is 2.70. The number of ether oxygens (including phenoxy) is 3. The van der Waals surface area contributed by atoms with Crippen LogP contribution in [0.1, 0.15) is 24.8 Å². The highest BCUT2D eigenvalue weighted by Gasteiger charge is 2.44.